The van der Waals surface area contributed by atoms with Gasteiger partial charge >= 0.3 is 0 Å². The number of nitrogens with zero attached hydrogens (tertiary/aromatic N) is 2. The Morgan fingerprint density at radius 2 is 1.97 bits per heavy atom. The number of thiophene rings is 1. The third kappa shape index (κ3) is 4.57. The van der Waals surface area contributed by atoms with Crippen molar-refractivity contribution in [2.75, 3.05) is 26.3 Å². The quantitative estimate of drug-likeness (QED) is 0.596. The second-order valence-corrected chi connectivity index (χ2v) is 12.2. The molecule has 32 heavy (non-hydrogen) atoms. The van der Waals surface area contributed by atoms with Crippen molar-refractivity contribution < 1.29 is 26.4 Å². The molecule has 1 aromatic heterocycles. The summed E-state index contributed by atoms with van der Waals surface area (Å²) in [6.07, 6.45) is 0. The summed E-state index contributed by atoms with van der Waals surface area (Å²) in [5, 5.41) is 2.72. The van der Waals surface area contributed by atoms with Crippen LogP contribution in [-0.2, 0) is 36.1 Å². The van der Waals surface area contributed by atoms with Crippen molar-refractivity contribution >= 4 is 43.1 Å². The first-order valence-corrected chi connectivity index (χ1v) is 13.6. The number of hydrogen-bond acceptors (Lipinski definition) is 8. The van der Waals surface area contributed by atoms with Crippen molar-refractivity contribution in [3.63, 3.8) is 0 Å². The third-order valence-electron chi connectivity index (χ3n) is 5.00. The van der Waals surface area contributed by atoms with Crippen LogP contribution < -0.4 is 10.0 Å². The second-order valence-electron chi connectivity index (χ2n) is 7.21. The summed E-state index contributed by atoms with van der Waals surface area (Å²) in [4.78, 5) is 17.5. The van der Waals surface area contributed by atoms with Gasteiger partial charge in [0.1, 0.15) is 16.1 Å². The Balaban J connectivity index is 1.40. The fourth-order valence-corrected chi connectivity index (χ4v) is 7.41. The van der Waals surface area contributed by atoms with Gasteiger partial charge in [0.2, 0.25) is 5.91 Å². The minimum atomic E-state index is -3.68. The van der Waals surface area contributed by atoms with Gasteiger partial charge in [-0.2, -0.15) is 4.31 Å². The topological polar surface area (TPSA) is 134 Å². The van der Waals surface area contributed by atoms with Gasteiger partial charge < -0.3 is 10.1 Å². The molecule has 1 fully saturated rings. The summed E-state index contributed by atoms with van der Waals surface area (Å²) in [7, 11) is -7.26. The van der Waals surface area contributed by atoms with E-state index in [-0.39, 0.29) is 21.5 Å². The van der Waals surface area contributed by atoms with Crippen molar-refractivity contribution in [1.29, 1.82) is 0 Å². The summed E-state index contributed by atoms with van der Waals surface area (Å²) in [6, 6.07) is 8.76. The predicted molar refractivity (Wildman–Crippen MR) is 119 cm³/mol. The van der Waals surface area contributed by atoms with Crippen molar-refractivity contribution in [1.82, 2.24) is 14.3 Å². The average Bonchev–Trinajstić information content (AvgIpc) is 3.36. The number of ether oxygens (including phenoxy) is 1. The van der Waals surface area contributed by atoms with Gasteiger partial charge in [-0.25, -0.2) is 16.8 Å². The number of carbonyl (C=O) groups is 1. The fraction of sp³-hybridized carbons (Fsp3) is 0.368. The highest BCUT2D eigenvalue weighted by atomic mass is 32.2. The smallest absolute Gasteiger partial charge is 0.263 e. The molecule has 0 aliphatic carbocycles. The van der Waals surface area contributed by atoms with E-state index in [4.69, 9.17) is 4.74 Å². The number of benzene rings is 1. The van der Waals surface area contributed by atoms with Crippen LogP contribution >= 0.6 is 11.3 Å². The van der Waals surface area contributed by atoms with Crippen LogP contribution in [0.5, 0.6) is 0 Å². The monoisotopic (exact) mass is 498 g/mol. The van der Waals surface area contributed by atoms with E-state index in [0.717, 1.165) is 11.3 Å². The molecular formula is C19H22N4O6S3. The zero-order valence-electron chi connectivity index (χ0n) is 17.1. The molecule has 13 heteroatoms. The number of nitrogens with one attached hydrogen (secondary N) is 2. The van der Waals surface area contributed by atoms with Gasteiger partial charge in [-0.05, 0) is 31.2 Å². The molecule has 10 nitrogen and oxygen atoms in total. The molecule has 2 N–H and O–H groups in total. The first-order valence-electron chi connectivity index (χ1n) is 9.83. The van der Waals surface area contributed by atoms with E-state index in [1.165, 1.54) is 16.4 Å². The van der Waals surface area contributed by atoms with E-state index >= 15 is 0 Å². The van der Waals surface area contributed by atoms with E-state index in [9.17, 15) is 21.6 Å². The Kier molecular flexibility index (Phi) is 6.36. The number of aliphatic imine (C=N–C) groups is 1. The van der Waals surface area contributed by atoms with Crippen LogP contribution in [0.4, 0.5) is 0 Å². The molecule has 0 saturated carbocycles. The SMILES string of the molecule is C[C@H](N=C1NS(=O)(=O)c2ccccc21)C(=O)NCc1ccc(S(=O)(=O)N2CCOCC2)s1. The molecule has 0 bridgehead atoms. The van der Waals surface area contributed by atoms with Gasteiger partial charge in [-0.1, -0.05) is 12.1 Å². The van der Waals surface area contributed by atoms with Crippen molar-refractivity contribution in [2.24, 2.45) is 4.99 Å². The zero-order valence-corrected chi connectivity index (χ0v) is 19.6. The Morgan fingerprint density at radius 3 is 2.72 bits per heavy atom. The van der Waals surface area contributed by atoms with E-state index in [2.05, 4.69) is 15.0 Å². The normalized spacial score (nSPS) is 20.5. The minimum absolute atomic E-state index is 0.123. The lowest BCUT2D eigenvalue weighted by Crippen LogP contribution is -2.40. The van der Waals surface area contributed by atoms with E-state index < -0.39 is 32.0 Å². The molecule has 2 aliphatic rings. The molecule has 1 saturated heterocycles. The maximum Gasteiger partial charge on any atom is 0.263 e. The van der Waals surface area contributed by atoms with Crippen LogP contribution in [0.1, 0.15) is 17.4 Å². The fourth-order valence-electron chi connectivity index (χ4n) is 3.31. The first kappa shape index (κ1) is 22.9. The third-order valence-corrected chi connectivity index (χ3v) is 9.85. The summed E-state index contributed by atoms with van der Waals surface area (Å²) in [6.45, 7) is 3.07. The van der Waals surface area contributed by atoms with Gasteiger partial charge in [0.25, 0.3) is 20.0 Å². The Hall–Kier alpha value is -2.32. The molecule has 172 valence electrons. The lowest BCUT2D eigenvalue weighted by Gasteiger charge is -2.25. The Morgan fingerprint density at radius 1 is 1.25 bits per heavy atom. The summed E-state index contributed by atoms with van der Waals surface area (Å²) in [5.74, 6) is -0.287. The van der Waals surface area contributed by atoms with Crippen molar-refractivity contribution in [3.05, 3.63) is 46.8 Å². The number of morpholine rings is 1. The average molecular weight is 499 g/mol. The second kappa shape index (κ2) is 8.90. The highest BCUT2D eigenvalue weighted by Gasteiger charge is 2.31. The minimum Gasteiger partial charge on any atom is -0.379 e. The molecular weight excluding hydrogens is 476 g/mol. The highest BCUT2D eigenvalue weighted by Crippen LogP contribution is 2.26. The number of hydrogen-bond donors (Lipinski definition) is 2. The summed E-state index contributed by atoms with van der Waals surface area (Å²) in [5.41, 5.74) is 0.420. The zero-order chi connectivity index (χ0) is 22.9. The van der Waals surface area contributed by atoms with Crippen molar-refractivity contribution in [2.45, 2.75) is 28.6 Å². The number of sulfonamides is 2. The predicted octanol–water partition coefficient (Wildman–Crippen LogP) is 0.512. The van der Waals surface area contributed by atoms with Gasteiger partial charge in [0.15, 0.2) is 0 Å². The number of carbonyl (C=O) groups excluding carboxylic acids is 1. The van der Waals surface area contributed by atoms with Gasteiger partial charge in [-0.15, -0.1) is 11.3 Å². The molecule has 1 aromatic carbocycles. The van der Waals surface area contributed by atoms with Crippen LogP contribution in [0.2, 0.25) is 0 Å². The van der Waals surface area contributed by atoms with Crippen LogP contribution in [0.3, 0.4) is 0 Å². The molecule has 2 aromatic rings. The van der Waals surface area contributed by atoms with Crippen LogP contribution in [-0.4, -0.2) is 65.2 Å². The molecule has 0 spiro atoms. The summed E-state index contributed by atoms with van der Waals surface area (Å²) >= 11 is 1.10. The number of amidine groups is 1. The van der Waals surface area contributed by atoms with Gasteiger partial charge in [-0.3, -0.25) is 14.5 Å². The van der Waals surface area contributed by atoms with Crippen LogP contribution in [0.15, 0.2) is 50.5 Å². The van der Waals surface area contributed by atoms with Crippen LogP contribution in [0.25, 0.3) is 0 Å². The largest absolute Gasteiger partial charge is 0.379 e. The molecule has 3 heterocycles. The van der Waals surface area contributed by atoms with E-state index in [0.29, 0.717) is 36.7 Å². The molecule has 0 unspecified atom stereocenters. The lowest BCUT2D eigenvalue weighted by atomic mass is 10.2. The van der Waals surface area contributed by atoms with E-state index in [1.54, 1.807) is 31.2 Å². The Bertz CT molecular complexity index is 1260. The lowest BCUT2D eigenvalue weighted by molar-refractivity contribution is -0.122. The summed E-state index contributed by atoms with van der Waals surface area (Å²) < 4.78 is 59.0. The van der Waals surface area contributed by atoms with E-state index in [1.807, 2.05) is 0 Å². The number of amides is 1. The Labute approximate surface area is 190 Å². The first-order chi connectivity index (χ1) is 15.2. The standard InChI is InChI=1S/C19H22N4O6S3/c1-13(21-18-15-4-2-3-5-16(15)31(25,26)22-18)19(24)20-12-14-6-7-17(30-14)32(27,28)23-8-10-29-11-9-23/h2-7,13H,8-12H2,1H3,(H,20,24)(H,21,22)/t13-/m0/s1. The molecule has 0 radical (unpaired) electrons. The van der Waals surface area contributed by atoms with Gasteiger partial charge in [0.05, 0.1) is 24.7 Å². The number of fused-ring (bicyclic) bond motifs is 1. The highest BCUT2D eigenvalue weighted by molar-refractivity contribution is 7.91. The molecule has 1 atom stereocenters. The molecule has 2 aliphatic heterocycles. The van der Waals surface area contributed by atoms with Crippen LogP contribution in [0, 0.1) is 0 Å². The molecule has 1 amide bonds. The molecule has 4 rings (SSSR count). The maximum atomic E-state index is 12.7. The van der Waals surface area contributed by atoms with Crippen molar-refractivity contribution in [3.8, 4) is 0 Å². The maximum absolute atomic E-state index is 12.7. The van der Waals surface area contributed by atoms with Gasteiger partial charge in [0, 0.05) is 23.5 Å². The number of rotatable bonds is 6.